The minimum atomic E-state index is 0.188. The van der Waals surface area contributed by atoms with E-state index >= 15 is 0 Å². The summed E-state index contributed by atoms with van der Waals surface area (Å²) in [7, 11) is 0. The van der Waals surface area contributed by atoms with Crippen molar-refractivity contribution >= 4 is 15.9 Å². The van der Waals surface area contributed by atoms with Gasteiger partial charge >= 0.3 is 0 Å². The van der Waals surface area contributed by atoms with Crippen molar-refractivity contribution in [1.82, 2.24) is 15.0 Å². The molecule has 1 atom stereocenters. The lowest BCUT2D eigenvalue weighted by Gasteiger charge is -2.04. The van der Waals surface area contributed by atoms with Crippen LogP contribution in [-0.4, -0.2) is 28.1 Å². The lowest BCUT2D eigenvalue weighted by atomic mass is 10.1. The van der Waals surface area contributed by atoms with Crippen molar-refractivity contribution in [1.29, 1.82) is 5.26 Å². The van der Waals surface area contributed by atoms with Crippen LogP contribution in [-0.2, 0) is 0 Å². The summed E-state index contributed by atoms with van der Waals surface area (Å²) in [4.78, 5) is 6.15. The molecule has 2 aromatic rings. The lowest BCUT2D eigenvalue weighted by Crippen LogP contribution is -2.13. The average molecular weight is 319 g/mol. The second-order valence-corrected chi connectivity index (χ2v) is 5.41. The lowest BCUT2D eigenvalue weighted by molar-refractivity contribution is 0.413. The summed E-state index contributed by atoms with van der Waals surface area (Å²) in [5, 5.41) is 12.9. The van der Waals surface area contributed by atoms with Crippen LogP contribution in [0.25, 0.3) is 11.5 Å². The van der Waals surface area contributed by atoms with E-state index in [1.165, 1.54) is 0 Å². The van der Waals surface area contributed by atoms with Crippen molar-refractivity contribution < 1.29 is 4.52 Å². The van der Waals surface area contributed by atoms with Crippen LogP contribution >= 0.6 is 15.9 Å². The van der Waals surface area contributed by atoms with Gasteiger partial charge in [0.1, 0.15) is 0 Å². The molecule has 0 radical (unpaired) electrons. The van der Waals surface area contributed by atoms with Crippen molar-refractivity contribution in [2.24, 2.45) is 0 Å². The molecule has 1 aromatic carbocycles. The largest absolute Gasteiger partial charge is 0.334 e. The summed E-state index contributed by atoms with van der Waals surface area (Å²) < 4.78 is 6.30. The van der Waals surface area contributed by atoms with Gasteiger partial charge in [0.15, 0.2) is 12.0 Å². The number of halogens is 1. The highest BCUT2D eigenvalue weighted by Crippen LogP contribution is 2.27. The molecule has 5 nitrogen and oxygen atoms in total. The Balaban J connectivity index is 1.80. The molecule has 1 aliphatic heterocycles. The summed E-state index contributed by atoms with van der Waals surface area (Å²) in [5.74, 6) is 1.40. The Morgan fingerprint density at radius 3 is 2.84 bits per heavy atom. The van der Waals surface area contributed by atoms with Crippen molar-refractivity contribution in [2.75, 3.05) is 13.1 Å². The van der Waals surface area contributed by atoms with E-state index in [-0.39, 0.29) is 5.92 Å². The molecule has 1 aliphatic rings. The second kappa shape index (κ2) is 5.02. The van der Waals surface area contributed by atoms with Crippen LogP contribution in [0.3, 0.4) is 0 Å². The van der Waals surface area contributed by atoms with Gasteiger partial charge in [0.25, 0.3) is 5.89 Å². The minimum absolute atomic E-state index is 0.188. The highest BCUT2D eigenvalue weighted by Gasteiger charge is 2.27. The Labute approximate surface area is 119 Å². The molecule has 1 aromatic heterocycles. The standard InChI is InChI=1S/C13H11BrN4O/c14-11-3-1-9(2-4-11)13-16-12(17-19-13)10-5-6-18(7-10)8-15/h1-4,10H,5-7H2. The minimum Gasteiger partial charge on any atom is -0.334 e. The highest BCUT2D eigenvalue weighted by atomic mass is 79.9. The molecular weight excluding hydrogens is 308 g/mol. The van der Waals surface area contributed by atoms with E-state index in [4.69, 9.17) is 9.78 Å². The van der Waals surface area contributed by atoms with Gasteiger partial charge < -0.3 is 9.42 Å². The number of hydrogen-bond acceptors (Lipinski definition) is 5. The van der Waals surface area contributed by atoms with E-state index in [2.05, 4.69) is 32.3 Å². The van der Waals surface area contributed by atoms with Gasteiger partial charge in [-0.05, 0) is 30.7 Å². The number of nitriles is 1. The van der Waals surface area contributed by atoms with Gasteiger partial charge in [-0.15, -0.1) is 0 Å². The van der Waals surface area contributed by atoms with Crippen LogP contribution in [0.2, 0.25) is 0 Å². The summed E-state index contributed by atoms with van der Waals surface area (Å²) in [6, 6.07) is 7.73. The summed E-state index contributed by atoms with van der Waals surface area (Å²) in [5.41, 5.74) is 0.900. The predicted octanol–water partition coefficient (Wildman–Crippen LogP) is 2.77. The van der Waals surface area contributed by atoms with Crippen molar-refractivity contribution in [2.45, 2.75) is 12.3 Å². The third kappa shape index (κ3) is 2.47. The van der Waals surface area contributed by atoms with E-state index in [1.807, 2.05) is 24.3 Å². The summed E-state index contributed by atoms with van der Waals surface area (Å²) >= 11 is 3.39. The first-order chi connectivity index (χ1) is 9.26. The van der Waals surface area contributed by atoms with Gasteiger partial charge in [-0.3, -0.25) is 0 Å². The smallest absolute Gasteiger partial charge is 0.257 e. The molecule has 0 saturated carbocycles. The molecule has 6 heteroatoms. The number of likely N-dealkylation sites (tertiary alicyclic amines) is 1. The number of benzene rings is 1. The Bertz CT molecular complexity index is 616. The Morgan fingerprint density at radius 1 is 1.37 bits per heavy atom. The SMILES string of the molecule is N#CN1CCC(c2noc(-c3ccc(Br)cc3)n2)C1. The molecule has 19 heavy (non-hydrogen) atoms. The molecule has 96 valence electrons. The zero-order valence-corrected chi connectivity index (χ0v) is 11.7. The normalized spacial score (nSPS) is 18.5. The quantitative estimate of drug-likeness (QED) is 0.796. The third-order valence-corrected chi connectivity index (χ3v) is 3.76. The first-order valence-corrected chi connectivity index (χ1v) is 6.80. The second-order valence-electron chi connectivity index (χ2n) is 4.50. The monoisotopic (exact) mass is 318 g/mol. The maximum Gasteiger partial charge on any atom is 0.257 e. The molecule has 0 bridgehead atoms. The number of hydrogen-bond donors (Lipinski definition) is 0. The van der Waals surface area contributed by atoms with Crippen molar-refractivity contribution in [3.63, 3.8) is 0 Å². The molecule has 1 unspecified atom stereocenters. The first kappa shape index (κ1) is 12.2. The third-order valence-electron chi connectivity index (χ3n) is 3.23. The number of aromatic nitrogens is 2. The summed E-state index contributed by atoms with van der Waals surface area (Å²) in [6.07, 6.45) is 3.05. The van der Waals surface area contributed by atoms with E-state index in [1.54, 1.807) is 4.90 Å². The van der Waals surface area contributed by atoms with Gasteiger partial charge in [0.05, 0.1) is 0 Å². The fraction of sp³-hybridized carbons (Fsp3) is 0.308. The van der Waals surface area contributed by atoms with E-state index in [9.17, 15) is 0 Å². The fourth-order valence-electron chi connectivity index (χ4n) is 2.17. The van der Waals surface area contributed by atoms with Crippen molar-refractivity contribution in [3.05, 3.63) is 34.6 Å². The molecule has 1 fully saturated rings. The van der Waals surface area contributed by atoms with E-state index in [0.29, 0.717) is 18.3 Å². The topological polar surface area (TPSA) is 66.0 Å². The maximum absolute atomic E-state index is 8.85. The molecule has 0 aliphatic carbocycles. The number of nitrogens with zero attached hydrogens (tertiary/aromatic N) is 4. The van der Waals surface area contributed by atoms with Crippen LogP contribution in [0.1, 0.15) is 18.2 Å². The zero-order chi connectivity index (χ0) is 13.2. The molecule has 0 N–H and O–H groups in total. The zero-order valence-electron chi connectivity index (χ0n) is 10.1. The molecule has 0 amide bonds. The van der Waals surface area contributed by atoms with E-state index in [0.717, 1.165) is 23.0 Å². The van der Waals surface area contributed by atoms with Crippen molar-refractivity contribution in [3.8, 4) is 17.6 Å². The van der Waals surface area contributed by atoms with Gasteiger partial charge in [-0.2, -0.15) is 10.2 Å². The maximum atomic E-state index is 8.85. The Kier molecular flexibility index (Phi) is 3.22. The van der Waals surface area contributed by atoms with Crippen LogP contribution in [0.4, 0.5) is 0 Å². The van der Waals surface area contributed by atoms with Gasteiger partial charge in [-0.1, -0.05) is 21.1 Å². The van der Waals surface area contributed by atoms with Crippen LogP contribution in [0.15, 0.2) is 33.3 Å². The molecule has 0 spiro atoms. The Morgan fingerprint density at radius 2 is 2.16 bits per heavy atom. The van der Waals surface area contributed by atoms with Gasteiger partial charge in [0, 0.05) is 29.0 Å². The number of rotatable bonds is 2. The van der Waals surface area contributed by atoms with Gasteiger partial charge in [0.2, 0.25) is 0 Å². The van der Waals surface area contributed by atoms with Crippen LogP contribution in [0, 0.1) is 11.5 Å². The van der Waals surface area contributed by atoms with Gasteiger partial charge in [-0.25, -0.2) is 0 Å². The summed E-state index contributed by atoms with van der Waals surface area (Å²) in [6.45, 7) is 1.44. The fourth-order valence-corrected chi connectivity index (χ4v) is 2.44. The van der Waals surface area contributed by atoms with E-state index < -0.39 is 0 Å². The predicted molar refractivity (Wildman–Crippen MR) is 72.0 cm³/mol. The molecule has 3 rings (SSSR count). The van der Waals surface area contributed by atoms with Crippen LogP contribution in [0.5, 0.6) is 0 Å². The molecular formula is C13H11BrN4O. The Hall–Kier alpha value is -1.87. The average Bonchev–Trinajstić information content (AvgIpc) is 3.08. The first-order valence-electron chi connectivity index (χ1n) is 6.00. The molecule has 2 heterocycles. The van der Waals surface area contributed by atoms with Crippen LogP contribution < -0.4 is 0 Å². The highest BCUT2D eigenvalue weighted by molar-refractivity contribution is 9.10. The molecule has 1 saturated heterocycles.